The standard InChI is InChI=1S/C21H22FN3O2/c22-17-8-2-1-6-15(17)11-12-23-21(26)25-13-5-7-16(14-25)20-24-18-9-3-4-10-19(18)27-20/h1-4,6,8-10,16H,5,7,11-14H2,(H,23,26)/t16-/m0/s1. The van der Waals surface area contributed by atoms with Gasteiger partial charge in [-0.05, 0) is 43.0 Å². The number of amides is 2. The second-order valence-electron chi connectivity index (χ2n) is 6.88. The maximum atomic E-state index is 13.7. The second-order valence-corrected chi connectivity index (χ2v) is 6.88. The van der Waals surface area contributed by atoms with E-state index < -0.39 is 0 Å². The van der Waals surface area contributed by atoms with Crippen LogP contribution in [0.25, 0.3) is 11.1 Å². The average Bonchev–Trinajstić information content (AvgIpc) is 3.14. The van der Waals surface area contributed by atoms with E-state index in [9.17, 15) is 9.18 Å². The normalized spacial score (nSPS) is 17.2. The van der Waals surface area contributed by atoms with Gasteiger partial charge in [0.2, 0.25) is 0 Å². The molecular formula is C21H22FN3O2. The molecule has 27 heavy (non-hydrogen) atoms. The zero-order chi connectivity index (χ0) is 18.6. The molecule has 0 unspecified atom stereocenters. The zero-order valence-electron chi connectivity index (χ0n) is 15.0. The number of carbonyl (C=O) groups excluding carboxylic acids is 1. The molecule has 2 amide bonds. The summed E-state index contributed by atoms with van der Waals surface area (Å²) in [5.41, 5.74) is 2.23. The summed E-state index contributed by atoms with van der Waals surface area (Å²) < 4.78 is 19.5. The van der Waals surface area contributed by atoms with Crippen LogP contribution in [-0.4, -0.2) is 35.5 Å². The molecule has 5 nitrogen and oxygen atoms in total. The Bertz CT molecular complexity index is 907. The van der Waals surface area contributed by atoms with Crippen molar-refractivity contribution in [3.05, 3.63) is 65.8 Å². The van der Waals surface area contributed by atoms with Crippen molar-refractivity contribution in [3.8, 4) is 0 Å². The largest absolute Gasteiger partial charge is 0.440 e. The zero-order valence-corrected chi connectivity index (χ0v) is 15.0. The minimum atomic E-state index is -0.235. The number of likely N-dealkylation sites (tertiary alicyclic amines) is 1. The highest BCUT2D eigenvalue weighted by atomic mass is 19.1. The van der Waals surface area contributed by atoms with E-state index in [0.29, 0.717) is 37.5 Å². The Kier molecular flexibility index (Phi) is 5.05. The van der Waals surface area contributed by atoms with Crippen LogP contribution in [0, 0.1) is 5.82 Å². The SMILES string of the molecule is O=C(NCCc1ccccc1F)N1CCC[C@H](c2nc3ccccc3o2)C1. The molecule has 6 heteroatoms. The third kappa shape index (κ3) is 3.94. The molecule has 0 saturated carbocycles. The molecule has 140 valence electrons. The maximum Gasteiger partial charge on any atom is 0.317 e. The number of oxazole rings is 1. The van der Waals surface area contributed by atoms with Crippen LogP contribution in [0.4, 0.5) is 9.18 Å². The van der Waals surface area contributed by atoms with E-state index in [0.717, 1.165) is 23.9 Å². The monoisotopic (exact) mass is 367 g/mol. The Hall–Kier alpha value is -2.89. The number of urea groups is 1. The summed E-state index contributed by atoms with van der Waals surface area (Å²) in [5, 5.41) is 2.90. The summed E-state index contributed by atoms with van der Waals surface area (Å²) in [6.07, 6.45) is 2.33. The number of carbonyl (C=O) groups is 1. The van der Waals surface area contributed by atoms with Crippen LogP contribution < -0.4 is 5.32 Å². The highest BCUT2D eigenvalue weighted by molar-refractivity contribution is 5.74. The first-order valence-electron chi connectivity index (χ1n) is 9.32. The van der Waals surface area contributed by atoms with Crippen LogP contribution >= 0.6 is 0 Å². The van der Waals surface area contributed by atoms with Gasteiger partial charge in [-0.3, -0.25) is 0 Å². The molecule has 0 aliphatic carbocycles. The predicted octanol–water partition coefficient (Wildman–Crippen LogP) is 4.10. The highest BCUT2D eigenvalue weighted by Gasteiger charge is 2.28. The number of fused-ring (bicyclic) bond motifs is 1. The molecule has 0 bridgehead atoms. The molecule has 1 aliphatic heterocycles. The van der Waals surface area contributed by atoms with Crippen LogP contribution in [0.1, 0.15) is 30.2 Å². The van der Waals surface area contributed by atoms with Crippen LogP contribution in [0.3, 0.4) is 0 Å². The number of hydrogen-bond acceptors (Lipinski definition) is 3. The van der Waals surface area contributed by atoms with E-state index in [-0.39, 0.29) is 17.8 Å². The van der Waals surface area contributed by atoms with Crippen molar-refractivity contribution < 1.29 is 13.6 Å². The van der Waals surface area contributed by atoms with Gasteiger partial charge in [0, 0.05) is 19.6 Å². The second kappa shape index (κ2) is 7.78. The third-order valence-electron chi connectivity index (χ3n) is 5.00. The maximum absolute atomic E-state index is 13.7. The molecule has 1 fully saturated rings. The van der Waals surface area contributed by atoms with E-state index in [4.69, 9.17) is 4.42 Å². The Labute approximate surface area is 157 Å². The first-order valence-corrected chi connectivity index (χ1v) is 9.32. The molecule has 2 heterocycles. The number of piperidine rings is 1. The summed E-state index contributed by atoms with van der Waals surface area (Å²) >= 11 is 0. The fourth-order valence-corrected chi connectivity index (χ4v) is 3.54. The number of halogens is 1. The van der Waals surface area contributed by atoms with Gasteiger partial charge in [-0.25, -0.2) is 14.2 Å². The first-order chi connectivity index (χ1) is 13.2. The lowest BCUT2D eigenvalue weighted by atomic mass is 9.98. The molecule has 0 spiro atoms. The molecule has 1 aromatic heterocycles. The van der Waals surface area contributed by atoms with Crippen LogP contribution in [0.2, 0.25) is 0 Å². The molecule has 2 aromatic carbocycles. The van der Waals surface area contributed by atoms with Crippen LogP contribution in [-0.2, 0) is 6.42 Å². The van der Waals surface area contributed by atoms with Gasteiger partial charge in [0.05, 0.1) is 5.92 Å². The summed E-state index contributed by atoms with van der Waals surface area (Å²) in [7, 11) is 0. The van der Waals surface area contributed by atoms with E-state index in [1.165, 1.54) is 6.07 Å². The van der Waals surface area contributed by atoms with Gasteiger partial charge < -0.3 is 14.6 Å². The minimum Gasteiger partial charge on any atom is -0.440 e. The predicted molar refractivity (Wildman–Crippen MR) is 101 cm³/mol. The van der Waals surface area contributed by atoms with Crippen LogP contribution in [0.5, 0.6) is 0 Å². The van der Waals surface area contributed by atoms with Gasteiger partial charge in [0.25, 0.3) is 0 Å². The van der Waals surface area contributed by atoms with Gasteiger partial charge in [-0.2, -0.15) is 0 Å². The van der Waals surface area contributed by atoms with Crippen molar-refractivity contribution >= 4 is 17.1 Å². The number of nitrogens with zero attached hydrogens (tertiary/aromatic N) is 2. The molecule has 1 saturated heterocycles. The molecule has 3 aromatic rings. The lowest BCUT2D eigenvalue weighted by Gasteiger charge is -2.31. The Morgan fingerprint density at radius 3 is 2.89 bits per heavy atom. The van der Waals surface area contributed by atoms with Crippen molar-refractivity contribution in [1.82, 2.24) is 15.2 Å². The van der Waals surface area contributed by atoms with Crippen molar-refractivity contribution in [3.63, 3.8) is 0 Å². The Balaban J connectivity index is 1.34. The van der Waals surface area contributed by atoms with Gasteiger partial charge in [0.15, 0.2) is 11.5 Å². The molecule has 4 rings (SSSR count). The molecular weight excluding hydrogens is 345 g/mol. The molecule has 1 N–H and O–H groups in total. The Morgan fingerprint density at radius 2 is 2.04 bits per heavy atom. The van der Waals surface area contributed by atoms with Crippen molar-refractivity contribution in [2.24, 2.45) is 0 Å². The first kappa shape index (κ1) is 17.5. The Morgan fingerprint density at radius 1 is 1.22 bits per heavy atom. The van der Waals surface area contributed by atoms with E-state index in [1.807, 2.05) is 24.3 Å². The van der Waals surface area contributed by atoms with Gasteiger partial charge in [-0.15, -0.1) is 0 Å². The van der Waals surface area contributed by atoms with Crippen molar-refractivity contribution in [2.75, 3.05) is 19.6 Å². The lowest BCUT2D eigenvalue weighted by Crippen LogP contribution is -2.45. The van der Waals surface area contributed by atoms with E-state index >= 15 is 0 Å². The van der Waals surface area contributed by atoms with Gasteiger partial charge >= 0.3 is 6.03 Å². The number of para-hydroxylation sites is 2. The average molecular weight is 367 g/mol. The molecule has 0 radical (unpaired) electrons. The fraction of sp³-hybridized carbons (Fsp3) is 0.333. The van der Waals surface area contributed by atoms with Crippen molar-refractivity contribution in [1.29, 1.82) is 0 Å². The quantitative estimate of drug-likeness (QED) is 0.755. The topological polar surface area (TPSA) is 58.4 Å². The summed E-state index contributed by atoms with van der Waals surface area (Å²) in [6.45, 7) is 1.70. The minimum absolute atomic E-state index is 0.100. The van der Waals surface area contributed by atoms with E-state index in [2.05, 4.69) is 10.3 Å². The van der Waals surface area contributed by atoms with Crippen molar-refractivity contribution in [2.45, 2.75) is 25.2 Å². The summed E-state index contributed by atoms with van der Waals surface area (Å²) in [6, 6.07) is 14.2. The van der Waals surface area contributed by atoms with Gasteiger partial charge in [-0.1, -0.05) is 30.3 Å². The number of nitrogens with one attached hydrogen (secondary N) is 1. The number of hydrogen-bond donors (Lipinski definition) is 1. The smallest absolute Gasteiger partial charge is 0.317 e. The van der Waals surface area contributed by atoms with Gasteiger partial charge in [0.1, 0.15) is 11.3 Å². The third-order valence-corrected chi connectivity index (χ3v) is 5.00. The lowest BCUT2D eigenvalue weighted by molar-refractivity contribution is 0.175. The summed E-state index contributed by atoms with van der Waals surface area (Å²) in [4.78, 5) is 18.9. The van der Waals surface area contributed by atoms with E-state index in [1.54, 1.807) is 23.1 Å². The fourth-order valence-electron chi connectivity index (χ4n) is 3.54. The van der Waals surface area contributed by atoms with Crippen LogP contribution in [0.15, 0.2) is 52.9 Å². The number of rotatable bonds is 4. The summed E-state index contributed by atoms with van der Waals surface area (Å²) in [5.74, 6) is 0.560. The number of benzene rings is 2. The highest BCUT2D eigenvalue weighted by Crippen LogP contribution is 2.28. The number of aromatic nitrogens is 1. The molecule has 1 atom stereocenters. The molecule has 1 aliphatic rings.